The van der Waals surface area contributed by atoms with Crippen molar-refractivity contribution < 1.29 is 15.0 Å². The summed E-state index contributed by atoms with van der Waals surface area (Å²) in [7, 11) is 0. The number of carbonyl (C=O) groups is 1. The van der Waals surface area contributed by atoms with Gasteiger partial charge in [0.15, 0.2) is 0 Å². The van der Waals surface area contributed by atoms with Gasteiger partial charge in [-0.2, -0.15) is 0 Å². The summed E-state index contributed by atoms with van der Waals surface area (Å²) >= 11 is 5.94. The van der Waals surface area contributed by atoms with Crippen molar-refractivity contribution in [2.75, 3.05) is 25.0 Å². The van der Waals surface area contributed by atoms with E-state index in [-0.39, 0.29) is 5.56 Å². The molecule has 6 heteroatoms. The number of aliphatic hydroxyl groups excluding tert-OH is 1. The molecule has 29 heavy (non-hydrogen) atoms. The van der Waals surface area contributed by atoms with Crippen molar-refractivity contribution >= 4 is 23.3 Å². The molecule has 0 bridgehead atoms. The van der Waals surface area contributed by atoms with E-state index in [2.05, 4.69) is 10.6 Å². The van der Waals surface area contributed by atoms with Gasteiger partial charge in [-0.3, -0.25) is 0 Å². The second-order valence-electron chi connectivity index (χ2n) is 6.67. The van der Waals surface area contributed by atoms with Gasteiger partial charge in [0.25, 0.3) is 0 Å². The largest absolute Gasteiger partial charge is 0.478 e. The first-order valence-electron chi connectivity index (χ1n) is 9.35. The third-order valence-electron chi connectivity index (χ3n) is 4.53. The van der Waals surface area contributed by atoms with Crippen LogP contribution in [0.2, 0.25) is 5.02 Å². The molecule has 4 N–H and O–H groups in total. The first-order chi connectivity index (χ1) is 14.0. The van der Waals surface area contributed by atoms with Gasteiger partial charge < -0.3 is 20.8 Å². The number of aromatic carboxylic acids is 1. The second kappa shape index (κ2) is 10.1. The van der Waals surface area contributed by atoms with E-state index in [0.717, 1.165) is 22.4 Å². The molecule has 0 aliphatic carbocycles. The lowest BCUT2D eigenvalue weighted by molar-refractivity contribution is 0.0697. The molecule has 5 nitrogen and oxygen atoms in total. The third-order valence-corrected chi connectivity index (χ3v) is 4.76. The Bertz CT molecular complexity index is 960. The average Bonchev–Trinajstić information content (AvgIpc) is 2.74. The van der Waals surface area contributed by atoms with Gasteiger partial charge in [-0.25, -0.2) is 4.79 Å². The fraction of sp³-hybridized carbons (Fsp3) is 0.174. The molecule has 0 saturated carbocycles. The molecule has 0 spiro atoms. The van der Waals surface area contributed by atoms with Crippen LogP contribution >= 0.6 is 11.6 Å². The molecule has 0 aliphatic rings. The Kier molecular flexibility index (Phi) is 7.25. The quantitative estimate of drug-likeness (QED) is 0.392. The Morgan fingerprint density at radius 1 is 0.931 bits per heavy atom. The molecule has 1 atom stereocenters. The predicted molar refractivity (Wildman–Crippen MR) is 117 cm³/mol. The lowest BCUT2D eigenvalue weighted by atomic mass is 10.0. The van der Waals surface area contributed by atoms with Gasteiger partial charge in [0.1, 0.15) is 0 Å². The second-order valence-corrected chi connectivity index (χ2v) is 7.10. The van der Waals surface area contributed by atoms with E-state index in [1.54, 1.807) is 30.3 Å². The lowest BCUT2D eigenvalue weighted by Gasteiger charge is -2.13. The maximum absolute atomic E-state index is 11.1. The van der Waals surface area contributed by atoms with Crippen molar-refractivity contribution in [2.24, 2.45) is 0 Å². The highest BCUT2D eigenvalue weighted by molar-refractivity contribution is 6.30. The number of rotatable bonds is 9. The van der Waals surface area contributed by atoms with Crippen LogP contribution in [0.5, 0.6) is 0 Å². The Morgan fingerprint density at radius 3 is 2.41 bits per heavy atom. The van der Waals surface area contributed by atoms with E-state index >= 15 is 0 Å². The molecule has 3 aromatic rings. The highest BCUT2D eigenvalue weighted by Gasteiger charge is 2.07. The normalized spacial score (nSPS) is 11.8. The van der Waals surface area contributed by atoms with Crippen molar-refractivity contribution in [3.05, 3.63) is 88.9 Å². The van der Waals surface area contributed by atoms with E-state index < -0.39 is 12.1 Å². The number of carboxylic acids is 1. The van der Waals surface area contributed by atoms with Crippen LogP contribution in [0.25, 0.3) is 11.1 Å². The first-order valence-corrected chi connectivity index (χ1v) is 9.72. The van der Waals surface area contributed by atoms with E-state index in [1.807, 2.05) is 42.5 Å². The van der Waals surface area contributed by atoms with Crippen LogP contribution in [-0.2, 0) is 0 Å². The Hall–Kier alpha value is -2.86. The fourth-order valence-corrected chi connectivity index (χ4v) is 3.18. The van der Waals surface area contributed by atoms with Gasteiger partial charge in [0.2, 0.25) is 0 Å². The standard InChI is InChI=1S/C23H23ClN2O3/c24-20-6-2-4-18(14-20)22(27)15-25-11-12-26-21-9-7-16(8-10-21)17-3-1-5-19(13-17)23(28)29/h1-10,13-14,22,25-27H,11-12,15H2,(H,28,29)/t22-/m0/s1. The molecule has 0 heterocycles. The summed E-state index contributed by atoms with van der Waals surface area (Å²) in [4.78, 5) is 11.1. The van der Waals surface area contributed by atoms with E-state index in [0.29, 0.717) is 24.7 Å². The van der Waals surface area contributed by atoms with Crippen LogP contribution < -0.4 is 10.6 Å². The number of carboxylic acid groups (broad SMARTS) is 1. The maximum atomic E-state index is 11.1. The van der Waals surface area contributed by atoms with E-state index in [9.17, 15) is 9.90 Å². The van der Waals surface area contributed by atoms with Crippen LogP contribution in [-0.4, -0.2) is 35.8 Å². The number of anilines is 1. The monoisotopic (exact) mass is 410 g/mol. The summed E-state index contributed by atoms with van der Waals surface area (Å²) in [6.07, 6.45) is -0.602. The number of nitrogens with one attached hydrogen (secondary N) is 2. The molecule has 0 radical (unpaired) electrons. The van der Waals surface area contributed by atoms with Crippen molar-refractivity contribution in [3.8, 4) is 11.1 Å². The van der Waals surface area contributed by atoms with Gasteiger partial charge in [0, 0.05) is 30.3 Å². The highest BCUT2D eigenvalue weighted by Crippen LogP contribution is 2.22. The zero-order valence-electron chi connectivity index (χ0n) is 15.8. The summed E-state index contributed by atoms with van der Waals surface area (Å²) in [5.41, 5.74) is 3.87. The molecule has 150 valence electrons. The maximum Gasteiger partial charge on any atom is 0.335 e. The molecular weight excluding hydrogens is 388 g/mol. The van der Waals surface area contributed by atoms with Gasteiger partial charge in [-0.1, -0.05) is 48.0 Å². The number of aliphatic hydroxyl groups is 1. The molecular formula is C23H23ClN2O3. The molecule has 3 aromatic carbocycles. The summed E-state index contributed by atoms with van der Waals surface area (Å²) < 4.78 is 0. The average molecular weight is 411 g/mol. The molecule has 0 aliphatic heterocycles. The van der Waals surface area contributed by atoms with Crippen molar-refractivity contribution in [1.82, 2.24) is 5.32 Å². The fourth-order valence-electron chi connectivity index (χ4n) is 2.98. The van der Waals surface area contributed by atoms with Crippen molar-refractivity contribution in [2.45, 2.75) is 6.10 Å². The molecule has 0 fully saturated rings. The summed E-state index contributed by atoms with van der Waals surface area (Å²) in [6, 6.07) is 21.9. The minimum Gasteiger partial charge on any atom is -0.478 e. The zero-order valence-corrected chi connectivity index (χ0v) is 16.6. The third kappa shape index (κ3) is 6.06. The smallest absolute Gasteiger partial charge is 0.335 e. The Balaban J connectivity index is 1.45. The van der Waals surface area contributed by atoms with Crippen molar-refractivity contribution in [1.29, 1.82) is 0 Å². The number of hydrogen-bond donors (Lipinski definition) is 4. The van der Waals surface area contributed by atoms with Crippen LogP contribution in [0.3, 0.4) is 0 Å². The minimum atomic E-state index is -0.932. The Morgan fingerprint density at radius 2 is 1.69 bits per heavy atom. The Labute approximate surface area is 175 Å². The van der Waals surface area contributed by atoms with Gasteiger partial charge in [0.05, 0.1) is 11.7 Å². The SMILES string of the molecule is O=C(O)c1cccc(-c2ccc(NCCNC[C@H](O)c3cccc(Cl)c3)cc2)c1. The molecule has 3 rings (SSSR count). The van der Waals surface area contributed by atoms with Gasteiger partial charge in [-0.05, 0) is 53.1 Å². The molecule has 0 saturated heterocycles. The van der Waals surface area contributed by atoms with Gasteiger partial charge >= 0.3 is 5.97 Å². The summed E-state index contributed by atoms with van der Waals surface area (Å²) in [6.45, 7) is 1.84. The first kappa shape index (κ1) is 20.9. The zero-order chi connectivity index (χ0) is 20.6. The predicted octanol–water partition coefficient (Wildman–Crippen LogP) is 4.44. The molecule has 0 amide bonds. The van der Waals surface area contributed by atoms with Crippen LogP contribution in [0.1, 0.15) is 22.0 Å². The summed E-state index contributed by atoms with van der Waals surface area (Å²) in [5, 5.41) is 26.4. The van der Waals surface area contributed by atoms with E-state index in [4.69, 9.17) is 16.7 Å². The topological polar surface area (TPSA) is 81.6 Å². The number of hydrogen-bond acceptors (Lipinski definition) is 4. The molecule has 0 unspecified atom stereocenters. The lowest BCUT2D eigenvalue weighted by Crippen LogP contribution is -2.26. The van der Waals surface area contributed by atoms with Gasteiger partial charge in [-0.15, -0.1) is 0 Å². The summed E-state index contributed by atoms with van der Waals surface area (Å²) in [5.74, 6) is -0.932. The van der Waals surface area contributed by atoms with Crippen LogP contribution in [0.15, 0.2) is 72.8 Å². The molecule has 0 aromatic heterocycles. The van der Waals surface area contributed by atoms with E-state index in [1.165, 1.54) is 0 Å². The minimum absolute atomic E-state index is 0.274. The van der Waals surface area contributed by atoms with Crippen molar-refractivity contribution in [3.63, 3.8) is 0 Å². The highest BCUT2D eigenvalue weighted by atomic mass is 35.5. The van der Waals surface area contributed by atoms with Crippen LogP contribution in [0.4, 0.5) is 5.69 Å². The number of halogens is 1. The van der Waals surface area contributed by atoms with Crippen LogP contribution in [0, 0.1) is 0 Å². The number of benzene rings is 3.